The minimum Gasteiger partial charge on any atom is -0.147 e. The van der Waals surface area contributed by atoms with Crippen LogP contribution in [0.5, 0.6) is 0 Å². The van der Waals surface area contributed by atoms with Gasteiger partial charge in [-0.2, -0.15) is 0 Å². The third-order valence-electron chi connectivity index (χ3n) is 0. The van der Waals surface area contributed by atoms with Crippen molar-refractivity contribution in [3.05, 3.63) is 0 Å². The second-order valence-electron chi connectivity index (χ2n) is 0. The molecule has 0 N–H and O–H groups in total. The Bertz CT molecular complexity index is 17.1. The smallest absolute Gasteiger partial charge is 0.147 e. The summed E-state index contributed by atoms with van der Waals surface area (Å²) in [5.74, 6) is 0. The van der Waals surface area contributed by atoms with E-state index >= 15 is 0 Å². The van der Waals surface area contributed by atoms with Gasteiger partial charge in [-0.25, -0.2) is 0 Å². The van der Waals surface area contributed by atoms with Gasteiger partial charge in [-0.15, -0.1) is 37.2 Å². The van der Waals surface area contributed by atoms with Crippen molar-refractivity contribution in [2.45, 2.75) is 0 Å². The molecule has 0 aliphatic rings. The molecule has 0 radical (unpaired) electrons. The summed E-state index contributed by atoms with van der Waals surface area (Å²) >= 11 is 0. The number of halogens is 3. The van der Waals surface area contributed by atoms with Crippen LogP contribution < -0.4 is 0 Å². The summed E-state index contributed by atoms with van der Waals surface area (Å²) in [5, 5.41) is 0. The monoisotopic (exact) mass is 1450 g/mol. The van der Waals surface area contributed by atoms with Crippen molar-refractivity contribution in [2.24, 2.45) is 0 Å². The zero-order valence-corrected chi connectivity index (χ0v) is 122. The molecule has 0 saturated heterocycles. The molecule has 0 aliphatic heterocycles. The standard InChI is InChI=1S/3ClH.56Mg/h3*1H;;;;;;;;;;;;;;;;;;;;;;;;;;;;;;;;;;;;;;;;;;;;;;;;;;;;;;;;/q;;;56*+2. The molecule has 0 bridgehead atoms. The van der Waals surface area contributed by atoms with E-state index in [1.54, 1.807) is 0 Å². The van der Waals surface area contributed by atoms with Crippen molar-refractivity contribution < 1.29 is 0 Å². The van der Waals surface area contributed by atoms with E-state index in [9.17, 15) is 0 Å². The van der Waals surface area contributed by atoms with Crippen LogP contribution in [0, 0.1) is 0 Å². The van der Waals surface area contributed by atoms with Gasteiger partial charge in [-0.05, 0) is 0 Å². The van der Waals surface area contributed by atoms with Crippen LogP contribution in [-0.2, 0) is 0 Å². The largest absolute Gasteiger partial charge is 2.00 e. The molecular weight excluding hydrogens is 1470 g/mol. The van der Waals surface area contributed by atoms with Gasteiger partial charge in [0.1, 0.15) is 0 Å². The van der Waals surface area contributed by atoms with Crippen LogP contribution in [0.3, 0.4) is 0 Å². The predicted octanol–water partition coefficient (Wildman–Crippen LogP) is -20.1. The van der Waals surface area contributed by atoms with Gasteiger partial charge in [-0.1, -0.05) is 0 Å². The Labute approximate surface area is 1280 Å². The Morgan fingerprint density at radius 3 is 0.0339 bits per heavy atom. The second kappa shape index (κ2) is 539. The molecule has 0 fully saturated rings. The zero-order valence-electron chi connectivity index (χ0n) is 40.8. The van der Waals surface area contributed by atoms with Crippen LogP contribution in [0.1, 0.15) is 0 Å². The minimum absolute atomic E-state index is 0. The zero-order chi connectivity index (χ0) is 0. The van der Waals surface area contributed by atoms with Crippen molar-refractivity contribution in [3.8, 4) is 0 Å². The Morgan fingerprint density at radius 1 is 0.0339 bits per heavy atom. The summed E-state index contributed by atoms with van der Waals surface area (Å²) in [6.07, 6.45) is 0. The average Bonchev–Trinajstić information content (AvgIpc) is 0. The molecule has 0 saturated carbocycles. The summed E-state index contributed by atoms with van der Waals surface area (Å²) in [6.45, 7) is 0. The first-order valence-electron chi connectivity index (χ1n) is 0. The van der Waals surface area contributed by atoms with Gasteiger partial charge in [0.2, 0.25) is 0 Å². The molecule has 0 aliphatic carbocycles. The van der Waals surface area contributed by atoms with E-state index in [4.69, 9.17) is 0 Å². The third kappa shape index (κ3) is 529. The summed E-state index contributed by atoms with van der Waals surface area (Å²) < 4.78 is 0. The number of hydrogen-bond acceptors (Lipinski definition) is 0. The SMILES string of the molecule is Cl.Cl.Cl.[Mg+2].[Mg+2].[Mg+2].[Mg+2].[Mg+2].[Mg+2].[Mg+2].[Mg+2].[Mg+2].[Mg+2].[Mg+2].[Mg+2].[Mg+2].[Mg+2].[Mg+2].[Mg+2].[Mg+2].[Mg+2].[Mg+2].[Mg+2].[Mg+2].[Mg+2].[Mg+2].[Mg+2].[Mg+2].[Mg+2].[Mg+2].[Mg+2].[Mg+2].[Mg+2].[Mg+2].[Mg+2].[Mg+2].[Mg+2].[Mg+2].[Mg+2].[Mg+2].[Mg+2].[Mg+2].[Mg+2].[Mg+2].[Mg+2].[Mg+2].[Mg+2].[Mg+2].[Mg+2].[Mg+2].[Mg+2].[Mg+2].[Mg+2].[Mg+2].[Mg+2].[Mg+2].[Mg+2].[Mg+2].[Mg+2]. The van der Waals surface area contributed by atoms with E-state index in [1.807, 2.05) is 0 Å². The predicted molar refractivity (Wildman–Crippen MR) is 344 cm³/mol. The summed E-state index contributed by atoms with van der Waals surface area (Å²) in [5.41, 5.74) is 0. The van der Waals surface area contributed by atoms with Gasteiger partial charge >= 0.3 is 1290 Å². The molecule has 0 aromatic carbocycles. The molecule has 0 spiro atoms. The molecule has 0 heterocycles. The van der Waals surface area contributed by atoms with Gasteiger partial charge in [-0.3, -0.25) is 0 Å². The Morgan fingerprint density at radius 2 is 0.0339 bits per heavy atom. The fourth-order valence-corrected chi connectivity index (χ4v) is 0. The first-order chi connectivity index (χ1) is 0. The van der Waals surface area contributed by atoms with E-state index in [2.05, 4.69) is 0 Å². The molecule has 0 unspecified atom stereocenters. The molecular formula is H3Cl3Mg56+112. The van der Waals surface area contributed by atoms with Crippen molar-refractivity contribution in [3.63, 3.8) is 0 Å². The van der Waals surface area contributed by atoms with Gasteiger partial charge in [0, 0.05) is 0 Å². The first kappa shape index (κ1) is 556. The van der Waals surface area contributed by atoms with Gasteiger partial charge in [0.25, 0.3) is 0 Å². The van der Waals surface area contributed by atoms with Crippen molar-refractivity contribution in [2.75, 3.05) is 0 Å². The van der Waals surface area contributed by atoms with Crippen LogP contribution in [-0.4, -0.2) is 1290 Å². The van der Waals surface area contributed by atoms with Crippen LogP contribution in [0.15, 0.2) is 0 Å². The van der Waals surface area contributed by atoms with E-state index < -0.39 is 0 Å². The Kier molecular flexibility index (Phi) is 5080. The second-order valence-corrected chi connectivity index (χ2v) is 0. The molecule has 0 nitrogen and oxygen atoms in total. The van der Waals surface area contributed by atoms with Crippen LogP contribution >= 0.6 is 37.2 Å². The van der Waals surface area contributed by atoms with Gasteiger partial charge in [0.15, 0.2) is 0 Å². The van der Waals surface area contributed by atoms with E-state index in [-0.39, 0.29) is 1330 Å². The van der Waals surface area contributed by atoms with Crippen molar-refractivity contribution in [1.29, 1.82) is 0 Å². The van der Waals surface area contributed by atoms with Crippen LogP contribution in [0.4, 0.5) is 0 Å². The third-order valence-corrected chi connectivity index (χ3v) is 0. The molecule has 59 heavy (non-hydrogen) atoms. The molecule has 0 rings (SSSR count). The van der Waals surface area contributed by atoms with Crippen LogP contribution in [0.25, 0.3) is 0 Å². The van der Waals surface area contributed by atoms with E-state index in [0.29, 0.717) is 0 Å². The summed E-state index contributed by atoms with van der Waals surface area (Å²) in [4.78, 5) is 0. The summed E-state index contributed by atoms with van der Waals surface area (Å²) in [6, 6.07) is 0. The van der Waals surface area contributed by atoms with Gasteiger partial charge < -0.3 is 0 Å². The fourth-order valence-electron chi connectivity index (χ4n) is 0. The molecule has 0 aromatic heterocycles. The van der Waals surface area contributed by atoms with E-state index in [0.717, 1.165) is 0 Å². The average molecular weight is 1470 g/mol. The summed E-state index contributed by atoms with van der Waals surface area (Å²) in [7, 11) is 0. The molecule has 24 valence electrons. The van der Waals surface area contributed by atoms with Crippen molar-refractivity contribution in [1.82, 2.24) is 0 Å². The molecule has 59 heteroatoms. The maximum Gasteiger partial charge on any atom is 2.00 e. The maximum absolute atomic E-state index is 0. The number of rotatable bonds is 0. The molecule has 0 amide bonds. The van der Waals surface area contributed by atoms with Gasteiger partial charge in [0.05, 0.1) is 0 Å². The maximum atomic E-state index is 0. The first-order valence-corrected chi connectivity index (χ1v) is 0. The molecule has 0 atom stereocenters. The Hall–Kier alpha value is 43.8. The Balaban J connectivity index is 0. The quantitative estimate of drug-likeness (QED) is 0.212. The van der Waals surface area contributed by atoms with E-state index in [1.165, 1.54) is 0 Å². The number of hydrogen-bond donors (Lipinski definition) is 0. The topological polar surface area (TPSA) is 0 Å². The molecule has 0 aromatic rings. The fraction of sp³-hybridized carbons (Fsp3) is 0. The minimum atomic E-state index is 0. The van der Waals surface area contributed by atoms with Crippen LogP contribution in [0.2, 0.25) is 0 Å². The normalized spacial score (nSPS) is 0. The van der Waals surface area contributed by atoms with Crippen molar-refractivity contribution >= 4 is 1330 Å².